The van der Waals surface area contributed by atoms with E-state index in [1.165, 1.54) is 4.70 Å². The largest absolute Gasteiger partial charge is 0.337 e. The van der Waals surface area contributed by atoms with Crippen LogP contribution in [-0.2, 0) is 0 Å². The molecule has 0 aliphatic heterocycles. The summed E-state index contributed by atoms with van der Waals surface area (Å²) in [6.07, 6.45) is 0. The van der Waals surface area contributed by atoms with Gasteiger partial charge in [0.25, 0.3) is 0 Å². The fourth-order valence-electron chi connectivity index (χ4n) is 1.84. The summed E-state index contributed by atoms with van der Waals surface area (Å²) < 4.78 is 4.14. The van der Waals surface area contributed by atoms with E-state index in [1.54, 1.807) is 16.0 Å². The Balaban J connectivity index is 0.000000133. The first-order chi connectivity index (χ1) is 10.7. The average molecular weight is 345 g/mol. The van der Waals surface area contributed by atoms with Gasteiger partial charge in [-0.3, -0.25) is 0 Å². The monoisotopic (exact) mass is 345 g/mol. The lowest BCUT2D eigenvalue weighted by Crippen LogP contribution is -1.95. The van der Waals surface area contributed by atoms with E-state index in [1.807, 2.05) is 48.5 Å². The van der Waals surface area contributed by atoms with Crippen LogP contribution in [0.15, 0.2) is 54.6 Å². The molecule has 8 heteroatoms. The van der Waals surface area contributed by atoms with Crippen LogP contribution in [0.2, 0.25) is 0 Å². The Morgan fingerprint density at radius 3 is 2.36 bits per heavy atom. The van der Waals surface area contributed by atoms with Crippen molar-refractivity contribution in [3.8, 4) is 5.69 Å². The smallest absolute Gasteiger partial charge is 0.242 e. The first kappa shape index (κ1) is 14.8. The van der Waals surface area contributed by atoms with E-state index in [4.69, 9.17) is 24.4 Å². The predicted molar refractivity (Wildman–Crippen MR) is 93.6 cm³/mol. The Hall–Kier alpha value is -2.16. The van der Waals surface area contributed by atoms with E-state index in [0.717, 1.165) is 15.2 Å². The van der Waals surface area contributed by atoms with Crippen molar-refractivity contribution in [1.82, 2.24) is 25.2 Å². The molecule has 2 heterocycles. The lowest BCUT2D eigenvalue weighted by Gasteiger charge is -1.97. The fraction of sp³-hybridized carbons (Fsp3) is 0. The van der Waals surface area contributed by atoms with Gasteiger partial charge in [-0.05, 0) is 48.7 Å². The summed E-state index contributed by atoms with van der Waals surface area (Å²) in [5, 5.41) is 9.92. The SMILES string of the molecule is S=c1[nH]c2ccccc2s1.S=c1nn[nH]n1-c1ccccc1. The molecule has 0 unspecified atom stereocenters. The second kappa shape index (κ2) is 6.73. The summed E-state index contributed by atoms with van der Waals surface area (Å²) in [6, 6.07) is 17.8. The van der Waals surface area contributed by atoms with Crippen molar-refractivity contribution in [3.05, 3.63) is 63.3 Å². The number of aromatic nitrogens is 5. The van der Waals surface area contributed by atoms with E-state index in [2.05, 4.69) is 26.6 Å². The standard InChI is InChI=1S/C7H6N4S.C7H5NS2/c12-7-8-9-10-11(7)6-4-2-1-3-5-6;9-7-8-5-3-1-2-4-6(5)10-7/h1-5H,(H,8,10,12);1-4H,(H,8,9). The molecule has 4 rings (SSSR count). The van der Waals surface area contributed by atoms with Gasteiger partial charge < -0.3 is 4.98 Å². The second-order valence-corrected chi connectivity index (χ2v) is 6.35. The highest BCUT2D eigenvalue weighted by molar-refractivity contribution is 7.73. The van der Waals surface area contributed by atoms with E-state index >= 15 is 0 Å². The number of hydrogen-bond acceptors (Lipinski definition) is 5. The van der Waals surface area contributed by atoms with Crippen LogP contribution in [0.3, 0.4) is 0 Å². The van der Waals surface area contributed by atoms with Gasteiger partial charge in [0.15, 0.2) is 3.95 Å². The van der Waals surface area contributed by atoms with E-state index in [-0.39, 0.29) is 0 Å². The van der Waals surface area contributed by atoms with Gasteiger partial charge in [-0.1, -0.05) is 40.6 Å². The molecule has 2 aromatic heterocycles. The molecule has 0 spiro atoms. The molecule has 0 atom stereocenters. The maximum absolute atomic E-state index is 4.98. The maximum atomic E-state index is 4.98. The molecular formula is C14H11N5S3. The number of rotatable bonds is 1. The van der Waals surface area contributed by atoms with Crippen molar-refractivity contribution >= 4 is 46.0 Å². The second-order valence-electron chi connectivity index (χ2n) is 4.26. The van der Waals surface area contributed by atoms with Crippen LogP contribution in [0, 0.1) is 8.73 Å². The Labute approximate surface area is 140 Å². The van der Waals surface area contributed by atoms with Gasteiger partial charge in [0.1, 0.15) is 0 Å². The Kier molecular flexibility index (Phi) is 4.52. The molecule has 0 amide bonds. The average Bonchev–Trinajstić information content (AvgIpc) is 3.13. The van der Waals surface area contributed by atoms with Crippen LogP contribution < -0.4 is 0 Å². The first-order valence-corrected chi connectivity index (χ1v) is 8.01. The molecule has 4 aromatic rings. The summed E-state index contributed by atoms with van der Waals surface area (Å²) >= 11 is 11.5. The maximum Gasteiger partial charge on any atom is 0.242 e. The number of thiazole rings is 1. The molecule has 0 aliphatic carbocycles. The predicted octanol–water partition coefficient (Wildman–Crippen LogP) is 4.28. The van der Waals surface area contributed by atoms with Crippen molar-refractivity contribution < 1.29 is 0 Å². The zero-order valence-corrected chi connectivity index (χ0v) is 13.7. The summed E-state index contributed by atoms with van der Waals surface area (Å²) in [5.41, 5.74) is 2.07. The van der Waals surface area contributed by atoms with Gasteiger partial charge in [0, 0.05) is 0 Å². The number of nitrogens with one attached hydrogen (secondary N) is 2. The van der Waals surface area contributed by atoms with Gasteiger partial charge in [-0.25, -0.2) is 4.68 Å². The molecule has 0 saturated heterocycles. The van der Waals surface area contributed by atoms with Crippen molar-refractivity contribution in [2.75, 3.05) is 0 Å². The Bertz CT molecular complexity index is 944. The Morgan fingerprint density at radius 2 is 1.68 bits per heavy atom. The zero-order chi connectivity index (χ0) is 15.4. The van der Waals surface area contributed by atoms with Crippen LogP contribution in [0.4, 0.5) is 0 Å². The fourth-order valence-corrected chi connectivity index (χ4v) is 3.14. The van der Waals surface area contributed by atoms with Crippen LogP contribution in [0.5, 0.6) is 0 Å². The summed E-state index contributed by atoms with van der Waals surface area (Å²) in [7, 11) is 0. The molecule has 2 N–H and O–H groups in total. The molecule has 0 aliphatic rings. The molecule has 0 saturated carbocycles. The number of benzene rings is 2. The molecule has 110 valence electrons. The minimum absolute atomic E-state index is 0.432. The number of nitrogens with zero attached hydrogens (tertiary/aromatic N) is 3. The normalized spacial score (nSPS) is 10.2. The van der Waals surface area contributed by atoms with Gasteiger partial charge in [0.05, 0.1) is 15.9 Å². The number of para-hydroxylation sites is 2. The molecule has 0 radical (unpaired) electrons. The molecule has 0 bridgehead atoms. The Morgan fingerprint density at radius 1 is 0.955 bits per heavy atom. The molecule has 5 nitrogen and oxygen atoms in total. The highest BCUT2D eigenvalue weighted by Gasteiger charge is 1.96. The van der Waals surface area contributed by atoms with Gasteiger partial charge >= 0.3 is 0 Å². The van der Waals surface area contributed by atoms with Gasteiger partial charge in [-0.15, -0.1) is 11.3 Å². The van der Waals surface area contributed by atoms with E-state index in [0.29, 0.717) is 4.77 Å². The molecule has 0 fully saturated rings. The third-order valence-electron chi connectivity index (χ3n) is 2.81. The van der Waals surface area contributed by atoms with Crippen LogP contribution in [0.25, 0.3) is 15.9 Å². The van der Waals surface area contributed by atoms with Crippen molar-refractivity contribution in [3.63, 3.8) is 0 Å². The highest BCUT2D eigenvalue weighted by atomic mass is 32.1. The number of H-pyrrole nitrogens is 2. The van der Waals surface area contributed by atoms with Crippen LogP contribution in [-0.4, -0.2) is 25.2 Å². The van der Waals surface area contributed by atoms with Gasteiger partial charge in [0.2, 0.25) is 4.77 Å². The van der Waals surface area contributed by atoms with Crippen LogP contribution >= 0.6 is 35.8 Å². The molecular weight excluding hydrogens is 334 g/mol. The van der Waals surface area contributed by atoms with Crippen molar-refractivity contribution in [1.29, 1.82) is 0 Å². The van der Waals surface area contributed by atoms with Crippen LogP contribution in [0.1, 0.15) is 0 Å². The summed E-state index contributed by atoms with van der Waals surface area (Å²) in [4.78, 5) is 3.09. The molecule has 22 heavy (non-hydrogen) atoms. The lowest BCUT2D eigenvalue weighted by atomic mass is 10.3. The van der Waals surface area contributed by atoms with E-state index < -0.39 is 0 Å². The lowest BCUT2D eigenvalue weighted by molar-refractivity contribution is 0.786. The summed E-state index contributed by atoms with van der Waals surface area (Å²) in [5.74, 6) is 0. The first-order valence-electron chi connectivity index (χ1n) is 6.37. The highest BCUT2D eigenvalue weighted by Crippen LogP contribution is 2.17. The third-order valence-corrected chi connectivity index (χ3v) is 4.29. The quantitative estimate of drug-likeness (QED) is 0.505. The summed E-state index contributed by atoms with van der Waals surface area (Å²) in [6.45, 7) is 0. The van der Waals surface area contributed by atoms with Gasteiger partial charge in [-0.2, -0.15) is 5.21 Å². The minimum atomic E-state index is 0.432. The number of fused-ring (bicyclic) bond motifs is 1. The number of hydrogen-bond donors (Lipinski definition) is 2. The topological polar surface area (TPSA) is 62.3 Å². The van der Waals surface area contributed by atoms with Crippen molar-refractivity contribution in [2.24, 2.45) is 0 Å². The molecule has 2 aromatic carbocycles. The van der Waals surface area contributed by atoms with E-state index in [9.17, 15) is 0 Å². The minimum Gasteiger partial charge on any atom is -0.337 e. The zero-order valence-electron chi connectivity index (χ0n) is 11.3. The number of aromatic amines is 2. The van der Waals surface area contributed by atoms with Crippen molar-refractivity contribution in [2.45, 2.75) is 0 Å². The third kappa shape index (κ3) is 3.35. The number of tetrazole rings is 1.